The van der Waals surface area contributed by atoms with Gasteiger partial charge in [-0.1, -0.05) is 24.3 Å². The number of nitrogens with one attached hydrogen (secondary N) is 3. The molecule has 2 aromatic carbocycles. The Hall–Kier alpha value is -3.92. The molecule has 0 fully saturated rings. The second-order valence-electron chi connectivity index (χ2n) is 8.33. The first-order valence-corrected chi connectivity index (χ1v) is 11.9. The number of pyridine rings is 1. The van der Waals surface area contributed by atoms with E-state index in [1.807, 2.05) is 0 Å². The van der Waals surface area contributed by atoms with Crippen molar-refractivity contribution in [3.05, 3.63) is 78.5 Å². The molecule has 0 saturated heterocycles. The number of sulfone groups is 1. The zero-order chi connectivity index (χ0) is 24.8. The fraction of sp³-hybridized carbons (Fsp3) is 0.208. The van der Waals surface area contributed by atoms with Crippen LogP contribution in [0, 0.1) is 0 Å². The van der Waals surface area contributed by atoms with E-state index in [4.69, 9.17) is 4.74 Å². The minimum Gasteiger partial charge on any atom is -0.444 e. The average molecular weight is 483 g/mol. The van der Waals surface area contributed by atoms with Crippen molar-refractivity contribution >= 4 is 33.5 Å². The van der Waals surface area contributed by atoms with Crippen molar-refractivity contribution in [3.63, 3.8) is 0 Å². The van der Waals surface area contributed by atoms with Crippen molar-refractivity contribution in [1.82, 2.24) is 10.3 Å². The quantitative estimate of drug-likeness (QED) is 0.472. The molecule has 3 amide bonds. The summed E-state index contributed by atoms with van der Waals surface area (Å²) in [5.74, 6) is 0.327. The van der Waals surface area contributed by atoms with Crippen LogP contribution in [0.4, 0.5) is 21.1 Å². The third-order valence-electron chi connectivity index (χ3n) is 4.38. The molecule has 3 rings (SSSR count). The number of ether oxygens (including phenoxy) is 1. The molecule has 0 saturated carbocycles. The first kappa shape index (κ1) is 24.7. The highest BCUT2D eigenvalue weighted by Gasteiger charge is 2.18. The summed E-state index contributed by atoms with van der Waals surface area (Å²) in [6.45, 7) is 5.49. The van der Waals surface area contributed by atoms with Crippen LogP contribution in [0.1, 0.15) is 26.3 Å². The van der Waals surface area contributed by atoms with Gasteiger partial charge in [0.1, 0.15) is 11.4 Å². The fourth-order valence-electron chi connectivity index (χ4n) is 2.82. The molecule has 178 valence electrons. The Bertz CT molecular complexity index is 1240. The van der Waals surface area contributed by atoms with Crippen LogP contribution in [-0.4, -0.2) is 31.1 Å². The van der Waals surface area contributed by atoms with E-state index in [1.54, 1.807) is 51.1 Å². The van der Waals surface area contributed by atoms with E-state index in [0.29, 0.717) is 17.1 Å². The SMILES string of the molecule is CC(C)(C)OC(=O)Nc1ccc(CNC(=O)Nc2ccc(S(=O)(=O)c3ccccc3)cc2)cn1. The molecule has 1 aromatic heterocycles. The van der Waals surface area contributed by atoms with Gasteiger partial charge >= 0.3 is 12.1 Å². The third-order valence-corrected chi connectivity index (χ3v) is 6.17. The number of anilines is 2. The number of nitrogens with zero attached hydrogens (tertiary/aromatic N) is 1. The number of aromatic nitrogens is 1. The van der Waals surface area contributed by atoms with Gasteiger partial charge in [-0.05, 0) is 68.8 Å². The number of hydrogen-bond donors (Lipinski definition) is 3. The maximum absolute atomic E-state index is 12.6. The third kappa shape index (κ3) is 7.04. The van der Waals surface area contributed by atoms with E-state index in [9.17, 15) is 18.0 Å². The first-order chi connectivity index (χ1) is 16.0. The number of carbonyl (C=O) groups is 2. The summed E-state index contributed by atoms with van der Waals surface area (Å²) >= 11 is 0. The summed E-state index contributed by atoms with van der Waals surface area (Å²) in [6.07, 6.45) is 0.920. The van der Waals surface area contributed by atoms with Crippen LogP contribution in [0.15, 0.2) is 82.7 Å². The molecule has 3 N–H and O–H groups in total. The molecule has 0 spiro atoms. The molecule has 1 heterocycles. The molecule has 10 heteroatoms. The average Bonchev–Trinajstić information content (AvgIpc) is 2.78. The minimum atomic E-state index is -3.62. The van der Waals surface area contributed by atoms with Crippen molar-refractivity contribution < 1.29 is 22.7 Å². The lowest BCUT2D eigenvalue weighted by molar-refractivity contribution is 0.0635. The largest absolute Gasteiger partial charge is 0.444 e. The van der Waals surface area contributed by atoms with E-state index in [2.05, 4.69) is 20.9 Å². The molecule has 9 nitrogen and oxygen atoms in total. The molecule has 0 aliphatic carbocycles. The van der Waals surface area contributed by atoms with Gasteiger partial charge in [0.25, 0.3) is 0 Å². The lowest BCUT2D eigenvalue weighted by atomic mass is 10.2. The Balaban J connectivity index is 1.51. The summed E-state index contributed by atoms with van der Waals surface area (Å²) < 4.78 is 30.4. The highest BCUT2D eigenvalue weighted by atomic mass is 32.2. The van der Waals surface area contributed by atoms with Crippen LogP contribution < -0.4 is 16.0 Å². The zero-order valence-electron chi connectivity index (χ0n) is 19.0. The maximum atomic E-state index is 12.6. The number of amides is 3. The van der Waals surface area contributed by atoms with Gasteiger partial charge in [-0.3, -0.25) is 5.32 Å². The number of hydrogen-bond acceptors (Lipinski definition) is 6. The van der Waals surface area contributed by atoms with Gasteiger partial charge in [0.05, 0.1) is 9.79 Å². The zero-order valence-corrected chi connectivity index (χ0v) is 19.8. The highest BCUT2D eigenvalue weighted by Crippen LogP contribution is 2.22. The molecular formula is C24H26N4O5S. The topological polar surface area (TPSA) is 126 Å². The van der Waals surface area contributed by atoms with Crippen LogP contribution in [0.25, 0.3) is 0 Å². The van der Waals surface area contributed by atoms with Crippen LogP contribution >= 0.6 is 0 Å². The van der Waals surface area contributed by atoms with Crippen LogP contribution in [0.3, 0.4) is 0 Å². The van der Waals surface area contributed by atoms with E-state index < -0.39 is 27.6 Å². The summed E-state index contributed by atoms with van der Waals surface area (Å²) in [4.78, 5) is 28.4. The Kier molecular flexibility index (Phi) is 7.52. The van der Waals surface area contributed by atoms with Gasteiger partial charge in [-0.25, -0.2) is 23.0 Å². The second kappa shape index (κ2) is 10.3. The minimum absolute atomic E-state index is 0.135. The Morgan fingerprint density at radius 3 is 2.12 bits per heavy atom. The lowest BCUT2D eigenvalue weighted by Crippen LogP contribution is -2.28. The molecule has 0 atom stereocenters. The molecule has 3 aromatic rings. The maximum Gasteiger partial charge on any atom is 0.413 e. The molecule has 0 bridgehead atoms. The monoisotopic (exact) mass is 482 g/mol. The Morgan fingerprint density at radius 1 is 0.882 bits per heavy atom. The smallest absolute Gasteiger partial charge is 0.413 e. The summed E-state index contributed by atoms with van der Waals surface area (Å²) in [7, 11) is -3.62. The number of carbonyl (C=O) groups excluding carboxylic acids is 2. The van der Waals surface area contributed by atoms with Gasteiger partial charge in [0, 0.05) is 18.4 Å². The Morgan fingerprint density at radius 2 is 1.53 bits per heavy atom. The molecule has 0 aliphatic heterocycles. The first-order valence-electron chi connectivity index (χ1n) is 10.4. The van der Waals surface area contributed by atoms with Crippen LogP contribution in [0.2, 0.25) is 0 Å². The van der Waals surface area contributed by atoms with Gasteiger partial charge in [-0.15, -0.1) is 0 Å². The van der Waals surface area contributed by atoms with Gasteiger partial charge in [-0.2, -0.15) is 0 Å². The summed E-state index contributed by atoms with van der Waals surface area (Å²) in [5.41, 5.74) is 0.548. The molecule has 0 radical (unpaired) electrons. The van der Waals surface area contributed by atoms with Crippen LogP contribution in [-0.2, 0) is 21.1 Å². The molecule has 0 unspecified atom stereocenters. The number of urea groups is 1. The van der Waals surface area contributed by atoms with Crippen molar-refractivity contribution in [3.8, 4) is 0 Å². The van der Waals surface area contributed by atoms with Crippen molar-refractivity contribution in [2.24, 2.45) is 0 Å². The van der Waals surface area contributed by atoms with E-state index in [1.165, 1.54) is 42.6 Å². The van der Waals surface area contributed by atoms with E-state index in [-0.39, 0.29) is 16.3 Å². The molecular weight excluding hydrogens is 456 g/mol. The number of benzene rings is 2. The Labute approximate surface area is 198 Å². The summed E-state index contributed by atoms with van der Waals surface area (Å²) in [5, 5.41) is 7.87. The van der Waals surface area contributed by atoms with Crippen molar-refractivity contribution in [1.29, 1.82) is 0 Å². The van der Waals surface area contributed by atoms with Gasteiger partial charge < -0.3 is 15.4 Å². The van der Waals surface area contributed by atoms with Crippen LogP contribution in [0.5, 0.6) is 0 Å². The van der Waals surface area contributed by atoms with Gasteiger partial charge in [0.15, 0.2) is 0 Å². The standard InChI is InChI=1S/C24H26N4O5S/c1-24(2,3)33-23(30)28-21-14-9-17(15-25-21)16-26-22(29)27-18-10-12-20(13-11-18)34(31,32)19-7-5-4-6-8-19/h4-15H,16H2,1-3H3,(H,25,28,30)(H2,26,27,29). The van der Waals surface area contributed by atoms with Gasteiger partial charge in [0.2, 0.25) is 9.84 Å². The fourth-order valence-corrected chi connectivity index (χ4v) is 4.10. The highest BCUT2D eigenvalue weighted by molar-refractivity contribution is 7.91. The lowest BCUT2D eigenvalue weighted by Gasteiger charge is -2.19. The molecule has 0 aliphatic rings. The molecule has 34 heavy (non-hydrogen) atoms. The van der Waals surface area contributed by atoms with E-state index in [0.717, 1.165) is 0 Å². The van der Waals surface area contributed by atoms with E-state index >= 15 is 0 Å². The predicted molar refractivity (Wildman–Crippen MR) is 128 cm³/mol. The summed E-state index contributed by atoms with van der Waals surface area (Å²) in [6, 6.07) is 16.9. The normalized spacial score (nSPS) is 11.4. The van der Waals surface area contributed by atoms with Crippen molar-refractivity contribution in [2.75, 3.05) is 10.6 Å². The van der Waals surface area contributed by atoms with Crippen molar-refractivity contribution in [2.45, 2.75) is 42.7 Å². The number of rotatable bonds is 6. The predicted octanol–water partition coefficient (Wildman–Crippen LogP) is 4.58. The second-order valence-corrected chi connectivity index (χ2v) is 10.3.